The summed E-state index contributed by atoms with van der Waals surface area (Å²) in [6, 6.07) is 10.1. The summed E-state index contributed by atoms with van der Waals surface area (Å²) in [5, 5.41) is 0. The molecule has 0 radical (unpaired) electrons. The Labute approximate surface area is 138 Å². The van der Waals surface area contributed by atoms with Crippen molar-refractivity contribution in [2.45, 2.75) is 58.5 Å². The standard InChI is InChI=1S/C20H26O3/c1-19(2,3)23-18(22)16-11-15-12-20(16,13-15)17(21)10-9-14-7-5-4-6-8-14/h4-8,15-16H,9-13H2,1-3H3. The molecule has 1 atom stereocenters. The third-order valence-electron chi connectivity index (χ3n) is 5.27. The molecule has 2 bridgehead atoms. The molecular weight excluding hydrogens is 288 g/mol. The van der Waals surface area contributed by atoms with Crippen LogP contribution in [-0.4, -0.2) is 17.4 Å². The Morgan fingerprint density at radius 3 is 2.43 bits per heavy atom. The first kappa shape index (κ1) is 16.2. The Hall–Kier alpha value is -1.64. The van der Waals surface area contributed by atoms with Gasteiger partial charge >= 0.3 is 5.97 Å². The van der Waals surface area contributed by atoms with Gasteiger partial charge in [0.2, 0.25) is 0 Å². The molecule has 1 aromatic rings. The van der Waals surface area contributed by atoms with Gasteiger partial charge in [-0.2, -0.15) is 0 Å². The minimum absolute atomic E-state index is 0.175. The number of esters is 1. The average Bonchev–Trinajstić information content (AvgIpc) is 3.00. The molecule has 3 aliphatic carbocycles. The van der Waals surface area contributed by atoms with Gasteiger partial charge in [0.25, 0.3) is 0 Å². The van der Waals surface area contributed by atoms with E-state index in [0.717, 1.165) is 25.7 Å². The summed E-state index contributed by atoms with van der Waals surface area (Å²) in [5.41, 5.74) is 0.264. The summed E-state index contributed by atoms with van der Waals surface area (Å²) in [5.74, 6) is 0.389. The van der Waals surface area contributed by atoms with Gasteiger partial charge in [-0.05, 0) is 57.9 Å². The number of ether oxygens (including phenoxy) is 1. The molecule has 1 aromatic carbocycles. The smallest absolute Gasteiger partial charge is 0.310 e. The summed E-state index contributed by atoms with van der Waals surface area (Å²) in [4.78, 5) is 25.4. The lowest BCUT2D eigenvalue weighted by Gasteiger charge is -2.39. The van der Waals surface area contributed by atoms with Crippen molar-refractivity contribution in [1.82, 2.24) is 0 Å². The molecule has 0 spiro atoms. The number of rotatable bonds is 5. The van der Waals surface area contributed by atoms with E-state index < -0.39 is 11.0 Å². The van der Waals surface area contributed by atoms with Gasteiger partial charge in [0.1, 0.15) is 11.4 Å². The third-order valence-corrected chi connectivity index (χ3v) is 5.27. The molecule has 124 valence electrons. The molecule has 0 saturated heterocycles. The van der Waals surface area contributed by atoms with Crippen LogP contribution in [0.15, 0.2) is 30.3 Å². The van der Waals surface area contributed by atoms with Gasteiger partial charge in [0, 0.05) is 11.8 Å². The number of Topliss-reactive ketones (excluding diaryl/α,β-unsaturated/α-hetero) is 1. The number of ketones is 1. The highest BCUT2D eigenvalue weighted by Gasteiger charge is 2.63. The van der Waals surface area contributed by atoms with E-state index in [9.17, 15) is 9.59 Å². The van der Waals surface area contributed by atoms with E-state index in [0.29, 0.717) is 12.3 Å². The minimum Gasteiger partial charge on any atom is -0.460 e. The van der Waals surface area contributed by atoms with E-state index in [-0.39, 0.29) is 17.7 Å². The second-order valence-electron chi connectivity index (χ2n) is 8.16. The predicted molar refractivity (Wildman–Crippen MR) is 88.9 cm³/mol. The van der Waals surface area contributed by atoms with E-state index in [1.165, 1.54) is 5.56 Å². The van der Waals surface area contributed by atoms with Crippen molar-refractivity contribution in [3.05, 3.63) is 35.9 Å². The maximum Gasteiger partial charge on any atom is 0.310 e. The van der Waals surface area contributed by atoms with Crippen molar-refractivity contribution < 1.29 is 14.3 Å². The molecule has 0 aliphatic heterocycles. The quantitative estimate of drug-likeness (QED) is 0.773. The maximum absolute atomic E-state index is 12.9. The van der Waals surface area contributed by atoms with E-state index in [1.54, 1.807) is 0 Å². The second-order valence-corrected chi connectivity index (χ2v) is 8.16. The molecule has 3 fully saturated rings. The molecule has 0 amide bonds. The second kappa shape index (κ2) is 5.77. The molecule has 0 aromatic heterocycles. The molecule has 3 aliphatic rings. The first-order valence-electron chi connectivity index (χ1n) is 8.60. The average molecular weight is 314 g/mol. The van der Waals surface area contributed by atoms with Crippen molar-refractivity contribution >= 4 is 11.8 Å². The number of benzene rings is 1. The molecule has 3 nitrogen and oxygen atoms in total. The van der Waals surface area contributed by atoms with Gasteiger partial charge in [0.15, 0.2) is 0 Å². The summed E-state index contributed by atoms with van der Waals surface area (Å²) in [7, 11) is 0. The topological polar surface area (TPSA) is 43.4 Å². The number of hydrogen-bond acceptors (Lipinski definition) is 3. The largest absolute Gasteiger partial charge is 0.460 e. The van der Waals surface area contributed by atoms with Crippen LogP contribution in [-0.2, 0) is 20.7 Å². The molecule has 0 heterocycles. The van der Waals surface area contributed by atoms with Gasteiger partial charge in [-0.3, -0.25) is 9.59 Å². The van der Waals surface area contributed by atoms with Crippen molar-refractivity contribution in [1.29, 1.82) is 0 Å². The summed E-state index contributed by atoms with van der Waals surface area (Å²) >= 11 is 0. The van der Waals surface area contributed by atoms with Crippen LogP contribution in [0.4, 0.5) is 0 Å². The summed E-state index contributed by atoms with van der Waals surface area (Å²) < 4.78 is 5.57. The summed E-state index contributed by atoms with van der Waals surface area (Å²) in [6.45, 7) is 5.65. The molecular formula is C20H26O3. The van der Waals surface area contributed by atoms with Crippen LogP contribution in [0.3, 0.4) is 0 Å². The first-order valence-corrected chi connectivity index (χ1v) is 8.60. The Bertz CT molecular complexity index is 591. The highest BCUT2D eigenvalue weighted by atomic mass is 16.6. The van der Waals surface area contributed by atoms with Crippen LogP contribution < -0.4 is 0 Å². The monoisotopic (exact) mass is 314 g/mol. The number of aryl methyl sites for hydroxylation is 1. The highest BCUT2D eigenvalue weighted by molar-refractivity contribution is 5.92. The van der Waals surface area contributed by atoms with Crippen LogP contribution in [0.5, 0.6) is 0 Å². The Balaban J connectivity index is 1.65. The van der Waals surface area contributed by atoms with Crippen LogP contribution in [0.1, 0.15) is 52.0 Å². The predicted octanol–water partition coefficient (Wildman–Crippen LogP) is 3.95. The molecule has 0 N–H and O–H groups in total. The van der Waals surface area contributed by atoms with E-state index in [2.05, 4.69) is 12.1 Å². The number of fused-ring (bicyclic) bond motifs is 1. The fraction of sp³-hybridized carbons (Fsp3) is 0.600. The van der Waals surface area contributed by atoms with Gasteiger partial charge in [-0.1, -0.05) is 30.3 Å². The van der Waals surface area contributed by atoms with Gasteiger partial charge < -0.3 is 4.74 Å². The van der Waals surface area contributed by atoms with Crippen LogP contribution in [0.2, 0.25) is 0 Å². The molecule has 1 unspecified atom stereocenters. The molecule has 3 heteroatoms. The Kier molecular flexibility index (Phi) is 4.07. The lowest BCUT2D eigenvalue weighted by Crippen LogP contribution is -2.44. The fourth-order valence-corrected chi connectivity index (χ4v) is 4.25. The van der Waals surface area contributed by atoms with Crippen molar-refractivity contribution in [3.8, 4) is 0 Å². The van der Waals surface area contributed by atoms with Crippen molar-refractivity contribution in [3.63, 3.8) is 0 Å². The lowest BCUT2D eigenvalue weighted by molar-refractivity contribution is -0.166. The maximum atomic E-state index is 12.9. The van der Waals surface area contributed by atoms with Crippen LogP contribution in [0, 0.1) is 17.3 Å². The van der Waals surface area contributed by atoms with E-state index in [4.69, 9.17) is 4.74 Å². The van der Waals surface area contributed by atoms with Gasteiger partial charge in [-0.25, -0.2) is 0 Å². The number of carbonyl (C=O) groups is 2. The zero-order valence-corrected chi connectivity index (χ0v) is 14.3. The first-order chi connectivity index (χ1) is 10.8. The minimum atomic E-state index is -0.488. The normalized spacial score (nSPS) is 29.0. The van der Waals surface area contributed by atoms with Crippen LogP contribution >= 0.6 is 0 Å². The highest BCUT2D eigenvalue weighted by Crippen LogP contribution is 2.63. The van der Waals surface area contributed by atoms with Gasteiger partial charge in [-0.15, -0.1) is 0 Å². The molecule has 4 rings (SSSR count). The lowest BCUT2D eigenvalue weighted by atomic mass is 9.63. The summed E-state index contributed by atoms with van der Waals surface area (Å²) in [6.07, 6.45) is 3.87. The SMILES string of the molecule is CC(C)(C)OC(=O)C1CC2CC1(C(=O)CCc1ccccc1)C2. The van der Waals surface area contributed by atoms with Crippen molar-refractivity contribution in [2.75, 3.05) is 0 Å². The van der Waals surface area contributed by atoms with Crippen LogP contribution in [0.25, 0.3) is 0 Å². The van der Waals surface area contributed by atoms with Gasteiger partial charge in [0.05, 0.1) is 5.92 Å². The molecule has 3 saturated carbocycles. The number of hydrogen-bond donors (Lipinski definition) is 0. The zero-order valence-electron chi connectivity index (χ0n) is 14.3. The zero-order chi connectivity index (χ0) is 16.7. The Morgan fingerprint density at radius 2 is 1.83 bits per heavy atom. The third kappa shape index (κ3) is 3.19. The van der Waals surface area contributed by atoms with E-state index >= 15 is 0 Å². The molecule has 23 heavy (non-hydrogen) atoms. The number of carbonyl (C=O) groups excluding carboxylic acids is 2. The Morgan fingerprint density at radius 1 is 1.17 bits per heavy atom. The van der Waals surface area contributed by atoms with E-state index in [1.807, 2.05) is 39.0 Å². The van der Waals surface area contributed by atoms with Crippen molar-refractivity contribution in [2.24, 2.45) is 17.3 Å². The fourth-order valence-electron chi connectivity index (χ4n) is 4.25.